The maximum Gasteiger partial charge on any atom is 0.416 e. The highest BCUT2D eigenvalue weighted by Crippen LogP contribution is 2.43. The minimum absolute atomic E-state index is 0.0246. The molecule has 1 aliphatic rings. The van der Waals surface area contributed by atoms with Crippen molar-refractivity contribution in [3.63, 3.8) is 0 Å². The molecule has 5 rings (SSSR count). The molecule has 2 N–H and O–H groups in total. The summed E-state index contributed by atoms with van der Waals surface area (Å²) in [4.78, 5) is 30.6. The average Bonchev–Trinajstić information content (AvgIpc) is 3.40. The van der Waals surface area contributed by atoms with Gasteiger partial charge in [-0.25, -0.2) is 18.2 Å². The Kier molecular flexibility index (Phi) is 8.14. The molecule has 1 aromatic heterocycles. The highest BCUT2D eigenvalue weighted by molar-refractivity contribution is 6.31. The number of aromatic nitrogens is 2. The second-order valence-electron chi connectivity index (χ2n) is 9.96. The number of aryl methyl sites for hydroxylation is 1. The van der Waals surface area contributed by atoms with Gasteiger partial charge in [-0.2, -0.15) is 26.3 Å². The summed E-state index contributed by atoms with van der Waals surface area (Å²) in [6, 6.07) is 3.90. The van der Waals surface area contributed by atoms with Gasteiger partial charge < -0.3 is 19.8 Å². The monoisotopic (exact) mass is 663 g/mol. The first-order valence-corrected chi connectivity index (χ1v) is 13.2. The van der Waals surface area contributed by atoms with Gasteiger partial charge in [0.1, 0.15) is 24.9 Å². The molecule has 0 fully saturated rings. The number of anilines is 1. The molecule has 45 heavy (non-hydrogen) atoms. The predicted octanol–water partition coefficient (Wildman–Crippen LogP) is 6.45. The first-order valence-electron chi connectivity index (χ1n) is 12.8. The van der Waals surface area contributed by atoms with Crippen molar-refractivity contribution < 1.29 is 49.1 Å². The summed E-state index contributed by atoms with van der Waals surface area (Å²) in [6.45, 7) is -3.23. The maximum atomic E-state index is 14.3. The fraction of sp³-hybridized carbons (Fsp3) is 0.250. The van der Waals surface area contributed by atoms with Gasteiger partial charge in [-0.3, -0.25) is 9.59 Å². The van der Waals surface area contributed by atoms with Gasteiger partial charge in [0.2, 0.25) is 5.62 Å². The van der Waals surface area contributed by atoms with Crippen molar-refractivity contribution in [3.05, 3.63) is 92.6 Å². The maximum absolute atomic E-state index is 14.3. The molecule has 2 amide bonds. The molecule has 0 radical (unpaired) electrons. The molecule has 1 aliphatic heterocycles. The van der Waals surface area contributed by atoms with E-state index >= 15 is 0 Å². The van der Waals surface area contributed by atoms with E-state index in [0.717, 1.165) is 22.8 Å². The Morgan fingerprint density at radius 1 is 1.04 bits per heavy atom. The zero-order chi connectivity index (χ0) is 33.0. The molecule has 0 saturated carbocycles. The molecule has 1 atom stereocenters. The van der Waals surface area contributed by atoms with Gasteiger partial charge in [-0.1, -0.05) is 11.6 Å². The summed E-state index contributed by atoms with van der Waals surface area (Å²) in [5, 5.41) is 4.77. The van der Waals surface area contributed by atoms with Crippen molar-refractivity contribution in [1.29, 1.82) is 0 Å². The zero-order valence-corrected chi connectivity index (χ0v) is 23.4. The smallest absolute Gasteiger partial charge is 0.341 e. The second-order valence-corrected chi connectivity index (χ2v) is 10.4. The third-order valence-corrected chi connectivity index (χ3v) is 7.30. The molecular formula is C28H19ClF9N5O2. The Balaban J connectivity index is 1.82. The van der Waals surface area contributed by atoms with Gasteiger partial charge in [0.15, 0.2) is 0 Å². The van der Waals surface area contributed by atoms with Crippen LogP contribution in [0.15, 0.2) is 47.5 Å². The van der Waals surface area contributed by atoms with Gasteiger partial charge in [0, 0.05) is 34.4 Å². The highest BCUT2D eigenvalue weighted by atomic mass is 35.5. The molecule has 0 aliphatic carbocycles. The van der Waals surface area contributed by atoms with Crippen LogP contribution in [0.3, 0.4) is 0 Å². The quantitative estimate of drug-likeness (QED) is 0.233. The third-order valence-electron chi connectivity index (χ3n) is 6.96. The number of imidazole rings is 1. The van der Waals surface area contributed by atoms with E-state index in [-0.39, 0.29) is 44.5 Å². The minimum Gasteiger partial charge on any atom is -0.341 e. The molecule has 4 aromatic rings. The van der Waals surface area contributed by atoms with Crippen LogP contribution in [-0.4, -0.2) is 40.3 Å². The normalized spacial score (nSPS) is 15.5. The number of fused-ring (bicyclic) bond motifs is 3. The Morgan fingerprint density at radius 3 is 2.40 bits per heavy atom. The number of benzene rings is 3. The molecule has 17 heteroatoms. The Morgan fingerprint density at radius 2 is 1.76 bits per heavy atom. The van der Waals surface area contributed by atoms with Crippen molar-refractivity contribution in [2.24, 2.45) is 12.0 Å². The highest BCUT2D eigenvalue weighted by Gasteiger charge is 2.39. The number of rotatable bonds is 6. The summed E-state index contributed by atoms with van der Waals surface area (Å²) >= 11 is 6.29. The van der Waals surface area contributed by atoms with E-state index in [0.29, 0.717) is 16.7 Å². The second kappa shape index (κ2) is 11.5. The van der Waals surface area contributed by atoms with Crippen LogP contribution < -0.4 is 16.3 Å². The first kappa shape index (κ1) is 31.9. The number of hydrogen-bond donors (Lipinski definition) is 2. The van der Waals surface area contributed by atoms with E-state index < -0.39 is 78.4 Å². The number of amides is 2. The molecule has 2 heterocycles. The lowest BCUT2D eigenvalue weighted by Gasteiger charge is -2.19. The van der Waals surface area contributed by atoms with E-state index in [1.54, 1.807) is 0 Å². The standard InChI is InChI=1S/C28H19ClF9N5O2/c1-42-23-19(43(11-27(33,34)35)26(42)39-5-4-30)10-18(40-24(44)12-6-13(28(36,37)38)8-15(32)7-12)20-21(23)25(45)41-22(20)16-9-14(31)2-3-17(16)29/h2-3,6-10,22H,4-5,11H2,1H3,(H,40,44)(H,41,45). The fourth-order valence-corrected chi connectivity index (χ4v) is 5.46. The summed E-state index contributed by atoms with van der Waals surface area (Å²) in [6.07, 6.45) is -9.88. The fourth-order valence-electron chi connectivity index (χ4n) is 5.23. The van der Waals surface area contributed by atoms with Crippen molar-refractivity contribution >= 4 is 40.1 Å². The largest absolute Gasteiger partial charge is 0.416 e. The summed E-state index contributed by atoms with van der Waals surface area (Å²) in [5.41, 5.74) is -3.98. The number of carbonyl (C=O) groups is 2. The molecule has 1 unspecified atom stereocenters. The average molecular weight is 664 g/mol. The van der Waals surface area contributed by atoms with E-state index in [2.05, 4.69) is 15.6 Å². The van der Waals surface area contributed by atoms with Crippen molar-refractivity contribution in [1.82, 2.24) is 14.5 Å². The minimum atomic E-state index is -5.03. The molecular weight excluding hydrogens is 645 g/mol. The van der Waals surface area contributed by atoms with Gasteiger partial charge >= 0.3 is 12.4 Å². The summed E-state index contributed by atoms with van der Waals surface area (Å²) < 4.78 is 124. The Bertz CT molecular complexity index is 1930. The zero-order valence-electron chi connectivity index (χ0n) is 22.7. The number of nitrogens with zero attached hydrogens (tertiary/aromatic N) is 3. The van der Waals surface area contributed by atoms with Crippen LogP contribution in [0.4, 0.5) is 45.2 Å². The molecule has 7 nitrogen and oxygen atoms in total. The van der Waals surface area contributed by atoms with E-state index in [9.17, 15) is 49.1 Å². The van der Waals surface area contributed by atoms with E-state index in [1.165, 1.54) is 13.1 Å². The van der Waals surface area contributed by atoms with Gasteiger partial charge in [0.25, 0.3) is 11.8 Å². The van der Waals surface area contributed by atoms with Crippen molar-refractivity contribution in [3.8, 4) is 0 Å². The van der Waals surface area contributed by atoms with Crippen LogP contribution in [0.1, 0.15) is 43.4 Å². The van der Waals surface area contributed by atoms with Crippen LogP contribution in [-0.2, 0) is 19.8 Å². The van der Waals surface area contributed by atoms with Crippen LogP contribution in [0.2, 0.25) is 5.02 Å². The van der Waals surface area contributed by atoms with E-state index in [4.69, 9.17) is 11.6 Å². The summed E-state index contributed by atoms with van der Waals surface area (Å²) in [7, 11) is 1.27. The predicted molar refractivity (Wildman–Crippen MR) is 143 cm³/mol. The lowest BCUT2D eigenvalue weighted by atomic mass is 9.95. The first-order chi connectivity index (χ1) is 21.0. The number of carbonyl (C=O) groups excluding carboxylic acids is 2. The number of alkyl halides is 7. The van der Waals surface area contributed by atoms with E-state index in [1.807, 2.05) is 0 Å². The van der Waals surface area contributed by atoms with Gasteiger partial charge in [0.05, 0.1) is 34.7 Å². The topological polar surface area (TPSA) is 80.4 Å². The van der Waals surface area contributed by atoms with Gasteiger partial charge in [-0.05, 0) is 42.5 Å². The third kappa shape index (κ3) is 6.10. The Labute approximate surface area is 251 Å². The molecule has 0 bridgehead atoms. The summed E-state index contributed by atoms with van der Waals surface area (Å²) in [5.74, 6) is -4.39. The van der Waals surface area contributed by atoms with Crippen LogP contribution in [0.25, 0.3) is 11.0 Å². The van der Waals surface area contributed by atoms with Crippen LogP contribution >= 0.6 is 11.6 Å². The van der Waals surface area contributed by atoms with Gasteiger partial charge in [-0.15, -0.1) is 0 Å². The van der Waals surface area contributed by atoms with Crippen LogP contribution in [0, 0.1) is 11.6 Å². The number of halogens is 10. The lowest BCUT2D eigenvalue weighted by molar-refractivity contribution is -0.140. The van der Waals surface area contributed by atoms with Crippen LogP contribution in [0.5, 0.6) is 0 Å². The van der Waals surface area contributed by atoms with Crippen molar-refractivity contribution in [2.45, 2.75) is 24.9 Å². The number of nitrogens with one attached hydrogen (secondary N) is 2. The molecule has 238 valence electrons. The molecule has 0 saturated heterocycles. The SMILES string of the molecule is Cn1c(=NCCF)n(CC(F)(F)F)c2cc(NC(=O)c3cc(F)cc(C(F)(F)F)c3)c3c(c21)C(=O)NC3c1cc(F)ccc1Cl. The molecule has 0 spiro atoms. The van der Waals surface area contributed by atoms with Crippen molar-refractivity contribution in [2.75, 3.05) is 18.5 Å². The Hall–Kier alpha value is -4.47. The molecule has 3 aromatic carbocycles. The number of hydrogen-bond acceptors (Lipinski definition) is 3. The lowest BCUT2D eigenvalue weighted by Crippen LogP contribution is -2.30.